The Morgan fingerprint density at radius 1 is 0.870 bits per heavy atom. The van der Waals surface area contributed by atoms with Gasteiger partial charge < -0.3 is 14.2 Å². The van der Waals surface area contributed by atoms with Crippen LogP contribution in [0.2, 0.25) is 0 Å². The van der Waals surface area contributed by atoms with Crippen LogP contribution in [0.25, 0.3) is 11.1 Å². The van der Waals surface area contributed by atoms with E-state index >= 15 is 8.78 Å². The predicted octanol–water partition coefficient (Wildman–Crippen LogP) is 9.68. The van der Waals surface area contributed by atoms with E-state index in [0.717, 1.165) is 35.8 Å². The lowest BCUT2D eigenvalue weighted by Crippen LogP contribution is -2.38. The molecule has 1 unspecified atom stereocenters. The van der Waals surface area contributed by atoms with Crippen molar-refractivity contribution < 1.29 is 49.4 Å². The van der Waals surface area contributed by atoms with E-state index < -0.39 is 88.4 Å². The second-order valence-electron chi connectivity index (χ2n) is 14.6. The smallest absolute Gasteiger partial charge is 0.419 e. The lowest BCUT2D eigenvalue weighted by atomic mass is 9.82. The number of nitrogens with zero attached hydrogens (tertiary/aromatic N) is 2. The quantitative estimate of drug-likeness (QED) is 0.114. The van der Waals surface area contributed by atoms with Gasteiger partial charge in [0.15, 0.2) is 5.78 Å². The highest BCUT2D eigenvalue weighted by Crippen LogP contribution is 2.44. The number of carbonyl (C=O) groups excluding carboxylic acids is 2. The van der Waals surface area contributed by atoms with Crippen molar-refractivity contribution in [2.75, 3.05) is 26.2 Å². The number of aryl methyl sites for hydroxylation is 4. The molecule has 0 bridgehead atoms. The van der Waals surface area contributed by atoms with Crippen LogP contribution in [0.15, 0.2) is 35.3 Å². The molecule has 2 atom stereocenters. The van der Waals surface area contributed by atoms with Crippen LogP contribution in [0, 0.1) is 38.3 Å². The molecule has 1 aromatic heterocycles. The van der Waals surface area contributed by atoms with E-state index in [2.05, 4.69) is 4.90 Å². The van der Waals surface area contributed by atoms with Crippen molar-refractivity contribution >= 4 is 11.8 Å². The number of rotatable bonds is 15. The first-order valence-corrected chi connectivity index (χ1v) is 18.0. The number of carbonyl (C=O) groups is 2. The summed E-state index contributed by atoms with van der Waals surface area (Å²) in [4.78, 5) is 42.6. The van der Waals surface area contributed by atoms with Crippen molar-refractivity contribution in [3.63, 3.8) is 0 Å². The van der Waals surface area contributed by atoms with Gasteiger partial charge >= 0.3 is 18.3 Å². The third-order valence-corrected chi connectivity index (χ3v) is 9.80. The van der Waals surface area contributed by atoms with E-state index in [1.54, 1.807) is 46.8 Å². The normalized spacial score (nSPS) is 14.9. The summed E-state index contributed by atoms with van der Waals surface area (Å²) in [7, 11) is 0. The van der Waals surface area contributed by atoms with E-state index in [0.29, 0.717) is 36.2 Å². The van der Waals surface area contributed by atoms with E-state index in [4.69, 9.17) is 4.74 Å². The van der Waals surface area contributed by atoms with Crippen LogP contribution in [0.3, 0.4) is 0 Å². The number of hydrogen-bond acceptors (Lipinski definition) is 5. The largest absolute Gasteiger partial charge is 0.466 e. The Labute approximate surface area is 309 Å². The summed E-state index contributed by atoms with van der Waals surface area (Å²) in [5.74, 6) is -7.56. The first-order valence-electron chi connectivity index (χ1n) is 18.0. The van der Waals surface area contributed by atoms with Crippen LogP contribution < -0.4 is 5.56 Å². The zero-order valence-corrected chi connectivity index (χ0v) is 31.2. The second kappa shape index (κ2) is 17.2. The van der Waals surface area contributed by atoms with Crippen molar-refractivity contribution in [3.05, 3.63) is 91.4 Å². The van der Waals surface area contributed by atoms with Gasteiger partial charge in [0.05, 0.1) is 30.2 Å². The van der Waals surface area contributed by atoms with Crippen molar-refractivity contribution in [2.45, 2.75) is 104 Å². The zero-order chi connectivity index (χ0) is 40.3. The van der Waals surface area contributed by atoms with Crippen molar-refractivity contribution in [1.29, 1.82) is 0 Å². The Balaban J connectivity index is 1.89. The first-order chi connectivity index (χ1) is 25.1. The molecule has 1 aliphatic heterocycles. The molecule has 1 aliphatic rings. The molecule has 0 aliphatic carbocycles. The van der Waals surface area contributed by atoms with Crippen LogP contribution in [0.1, 0.15) is 104 Å². The number of Topliss-reactive ketones (excluding diaryl/α,β-unsaturated/α-hetero) is 1. The molecular weight excluding hydrogens is 724 g/mol. The minimum Gasteiger partial charge on any atom is -0.466 e. The van der Waals surface area contributed by atoms with Gasteiger partial charge in [-0.25, -0.2) is 8.78 Å². The summed E-state index contributed by atoms with van der Waals surface area (Å²) in [6, 6.07) is 2.55. The number of ketones is 1. The summed E-state index contributed by atoms with van der Waals surface area (Å²) in [5, 5.41) is 0. The highest BCUT2D eigenvalue weighted by atomic mass is 19.4. The molecule has 4 rings (SSSR count). The molecule has 1 fully saturated rings. The van der Waals surface area contributed by atoms with Crippen LogP contribution in [0.5, 0.6) is 0 Å². The summed E-state index contributed by atoms with van der Waals surface area (Å²) in [5.41, 5.74) is -4.47. The Morgan fingerprint density at radius 3 is 2.00 bits per heavy atom. The standard InChI is InChI=1S/C40H46F8N2O4/c1-7-54-34(53)18-27(36-37(41)28(19-30(38(36)42)40(46,47)48)35-24(5)15-23(4)16-25(35)6)17-32(51)31(14-22(2)3)50-21-26(10-8-11-49-12-9-13-49)29(20-33(50)52)39(43,44)45/h15-16,19-22,27,31H,7-14,17-18H2,1-6H3/t27-,31?/m0/s1. The zero-order valence-electron chi connectivity index (χ0n) is 31.2. The van der Waals surface area contributed by atoms with Gasteiger partial charge in [0.25, 0.3) is 5.56 Å². The molecule has 2 aromatic carbocycles. The highest BCUT2D eigenvalue weighted by molar-refractivity contribution is 5.85. The summed E-state index contributed by atoms with van der Waals surface area (Å²) in [6.45, 7) is 11.7. The molecule has 1 saturated heterocycles. The van der Waals surface area contributed by atoms with Gasteiger partial charge in [0.1, 0.15) is 11.6 Å². The first kappa shape index (κ1) is 42.7. The van der Waals surface area contributed by atoms with Crippen molar-refractivity contribution in [1.82, 2.24) is 9.47 Å². The minimum atomic E-state index is -5.31. The molecular formula is C40H46F8N2O4. The molecule has 2 heterocycles. The number of alkyl halides is 6. The molecule has 296 valence electrons. The molecule has 0 radical (unpaired) electrons. The fourth-order valence-electron chi connectivity index (χ4n) is 7.33. The predicted molar refractivity (Wildman–Crippen MR) is 188 cm³/mol. The van der Waals surface area contributed by atoms with Crippen LogP contribution >= 0.6 is 0 Å². The van der Waals surface area contributed by atoms with Gasteiger partial charge in [-0.2, -0.15) is 26.3 Å². The minimum absolute atomic E-state index is 0.0685. The number of pyridine rings is 1. The SMILES string of the molecule is CCOC(=O)C[C@H](CC(=O)C(CC(C)C)n1cc(CCCN2CCC2)c(C(F)(F)F)cc1=O)c1c(F)c(-c2c(C)cc(C)cc2C)cc(C(F)(F)F)c1F. The maximum Gasteiger partial charge on any atom is 0.419 e. The maximum absolute atomic E-state index is 16.8. The fourth-order valence-corrected chi connectivity index (χ4v) is 7.33. The molecule has 0 saturated carbocycles. The Morgan fingerprint density at radius 2 is 1.48 bits per heavy atom. The van der Waals surface area contributed by atoms with E-state index in [1.807, 2.05) is 0 Å². The Kier molecular flexibility index (Phi) is 13.6. The van der Waals surface area contributed by atoms with Crippen molar-refractivity contribution in [2.24, 2.45) is 5.92 Å². The topological polar surface area (TPSA) is 68.6 Å². The molecule has 0 spiro atoms. The summed E-state index contributed by atoms with van der Waals surface area (Å²) >= 11 is 0. The van der Waals surface area contributed by atoms with Gasteiger partial charge in [-0.1, -0.05) is 31.5 Å². The van der Waals surface area contributed by atoms with E-state index in [1.165, 1.54) is 6.92 Å². The lowest BCUT2D eigenvalue weighted by Gasteiger charge is -2.30. The third kappa shape index (κ3) is 9.96. The molecule has 14 heteroatoms. The lowest BCUT2D eigenvalue weighted by molar-refractivity contribution is -0.143. The number of ether oxygens (including phenoxy) is 1. The fraction of sp³-hybridized carbons (Fsp3) is 0.525. The van der Waals surface area contributed by atoms with Crippen molar-refractivity contribution in [3.8, 4) is 11.1 Å². The monoisotopic (exact) mass is 770 g/mol. The third-order valence-electron chi connectivity index (χ3n) is 9.80. The summed E-state index contributed by atoms with van der Waals surface area (Å²) < 4.78 is 124. The molecule has 54 heavy (non-hydrogen) atoms. The van der Waals surface area contributed by atoms with Gasteiger partial charge in [0.2, 0.25) is 0 Å². The number of likely N-dealkylation sites (tertiary alicyclic amines) is 1. The van der Waals surface area contributed by atoms with Gasteiger partial charge in [0, 0.05) is 35.7 Å². The molecule has 0 N–H and O–H groups in total. The molecule has 0 amide bonds. The number of halogens is 8. The van der Waals surface area contributed by atoms with Crippen LogP contribution in [-0.2, 0) is 33.1 Å². The van der Waals surface area contributed by atoms with Gasteiger partial charge in [-0.05, 0) is 107 Å². The Bertz CT molecular complexity index is 1890. The molecule has 6 nitrogen and oxygen atoms in total. The number of hydrogen-bond donors (Lipinski definition) is 0. The number of benzene rings is 2. The molecule has 3 aromatic rings. The van der Waals surface area contributed by atoms with Gasteiger partial charge in [-0.15, -0.1) is 0 Å². The van der Waals surface area contributed by atoms with Crippen LogP contribution in [-0.4, -0.2) is 47.5 Å². The highest BCUT2D eigenvalue weighted by Gasteiger charge is 2.41. The average molecular weight is 771 g/mol. The average Bonchev–Trinajstić information content (AvgIpc) is 3.01. The number of esters is 1. The van der Waals surface area contributed by atoms with Crippen LogP contribution in [0.4, 0.5) is 35.1 Å². The van der Waals surface area contributed by atoms with E-state index in [-0.39, 0.29) is 36.5 Å². The summed E-state index contributed by atoms with van der Waals surface area (Å²) in [6.07, 6.45) is -9.91. The number of aromatic nitrogens is 1. The van der Waals surface area contributed by atoms with E-state index in [9.17, 15) is 40.7 Å². The Hall–Kier alpha value is -4.07. The van der Waals surface area contributed by atoms with Gasteiger partial charge in [-0.3, -0.25) is 14.4 Å². The second-order valence-corrected chi connectivity index (χ2v) is 14.6. The maximum atomic E-state index is 16.8.